The first-order valence-electron chi connectivity index (χ1n) is 6.15. The van der Waals surface area contributed by atoms with Gasteiger partial charge in [0.05, 0.1) is 6.54 Å². The Morgan fingerprint density at radius 1 is 1.29 bits per heavy atom. The van der Waals surface area contributed by atoms with E-state index in [1.54, 1.807) is 10.8 Å². The van der Waals surface area contributed by atoms with Crippen LogP contribution in [0.2, 0.25) is 0 Å². The highest BCUT2D eigenvalue weighted by Crippen LogP contribution is 2.11. The van der Waals surface area contributed by atoms with Crippen molar-refractivity contribution in [2.45, 2.75) is 32.2 Å². The van der Waals surface area contributed by atoms with E-state index in [0.717, 1.165) is 19.4 Å². The number of imidazole rings is 1. The molecular formula is C11H18N4O2. The SMILES string of the molecule is O=[N+]([O-])c1nccn1CCCCN1CCCC1. The molecule has 6 heteroatoms. The van der Waals surface area contributed by atoms with Gasteiger partial charge in [-0.25, -0.2) is 4.57 Å². The largest absolute Gasteiger partial charge is 0.434 e. The van der Waals surface area contributed by atoms with Crippen molar-refractivity contribution >= 4 is 5.95 Å². The fraction of sp³-hybridized carbons (Fsp3) is 0.727. The van der Waals surface area contributed by atoms with Gasteiger partial charge in [-0.2, -0.15) is 0 Å². The highest BCUT2D eigenvalue weighted by atomic mass is 16.6. The molecule has 0 saturated carbocycles. The minimum Gasteiger partial charge on any atom is -0.390 e. The van der Waals surface area contributed by atoms with Crippen LogP contribution in [0.4, 0.5) is 5.95 Å². The number of nitro groups is 1. The summed E-state index contributed by atoms with van der Waals surface area (Å²) in [6.45, 7) is 4.23. The summed E-state index contributed by atoms with van der Waals surface area (Å²) in [5.74, 6) is -0.0498. The molecule has 17 heavy (non-hydrogen) atoms. The molecule has 1 saturated heterocycles. The van der Waals surface area contributed by atoms with Crippen LogP contribution in [0, 0.1) is 10.1 Å². The number of rotatable bonds is 6. The first kappa shape index (κ1) is 12.0. The van der Waals surface area contributed by atoms with Crippen molar-refractivity contribution in [2.24, 2.45) is 0 Å². The number of aryl methyl sites for hydroxylation is 1. The number of likely N-dealkylation sites (tertiary alicyclic amines) is 1. The average molecular weight is 238 g/mol. The summed E-state index contributed by atoms with van der Waals surface area (Å²) in [7, 11) is 0. The lowest BCUT2D eigenvalue weighted by molar-refractivity contribution is -0.396. The van der Waals surface area contributed by atoms with Gasteiger partial charge >= 0.3 is 5.95 Å². The molecule has 0 bridgehead atoms. The van der Waals surface area contributed by atoms with Crippen LogP contribution in [0.25, 0.3) is 0 Å². The van der Waals surface area contributed by atoms with E-state index < -0.39 is 4.92 Å². The molecule has 0 atom stereocenters. The molecule has 0 N–H and O–H groups in total. The Morgan fingerprint density at radius 3 is 2.71 bits per heavy atom. The van der Waals surface area contributed by atoms with Crippen molar-refractivity contribution in [1.29, 1.82) is 0 Å². The number of hydrogen-bond donors (Lipinski definition) is 0. The maximum Gasteiger partial charge on any atom is 0.434 e. The molecule has 1 aromatic heterocycles. The Bertz CT molecular complexity index is 371. The van der Waals surface area contributed by atoms with Gasteiger partial charge in [0.1, 0.15) is 12.4 Å². The van der Waals surface area contributed by atoms with Gasteiger partial charge in [0.15, 0.2) is 0 Å². The Labute approximate surface area is 100 Å². The number of hydrogen-bond acceptors (Lipinski definition) is 4. The molecular weight excluding hydrogens is 220 g/mol. The number of unbranched alkanes of at least 4 members (excludes halogenated alkanes) is 1. The second-order valence-corrected chi connectivity index (χ2v) is 4.43. The summed E-state index contributed by atoms with van der Waals surface area (Å²) < 4.78 is 1.62. The van der Waals surface area contributed by atoms with Crippen LogP contribution in [0.5, 0.6) is 0 Å². The second kappa shape index (κ2) is 5.77. The predicted octanol–water partition coefficient (Wildman–Crippen LogP) is 1.67. The molecule has 6 nitrogen and oxygen atoms in total. The van der Waals surface area contributed by atoms with Gasteiger partial charge in [-0.1, -0.05) is 4.98 Å². The fourth-order valence-electron chi connectivity index (χ4n) is 2.27. The Kier molecular flexibility index (Phi) is 4.08. The molecule has 1 aromatic rings. The van der Waals surface area contributed by atoms with Gasteiger partial charge in [-0.05, 0) is 50.2 Å². The van der Waals surface area contributed by atoms with Crippen LogP contribution < -0.4 is 0 Å². The molecule has 1 aliphatic heterocycles. The number of aromatic nitrogens is 2. The van der Waals surface area contributed by atoms with Gasteiger partial charge in [0.2, 0.25) is 0 Å². The lowest BCUT2D eigenvalue weighted by Gasteiger charge is -2.13. The zero-order valence-corrected chi connectivity index (χ0v) is 9.92. The fourth-order valence-corrected chi connectivity index (χ4v) is 2.27. The topological polar surface area (TPSA) is 64.2 Å². The third kappa shape index (κ3) is 3.26. The van der Waals surface area contributed by atoms with Crippen molar-refractivity contribution < 1.29 is 4.92 Å². The maximum atomic E-state index is 10.6. The smallest absolute Gasteiger partial charge is 0.390 e. The quantitative estimate of drug-likeness (QED) is 0.429. The van der Waals surface area contributed by atoms with Gasteiger partial charge in [0.25, 0.3) is 0 Å². The molecule has 0 aromatic carbocycles. The molecule has 0 spiro atoms. The minimum absolute atomic E-state index is 0.0498. The highest BCUT2D eigenvalue weighted by Gasteiger charge is 2.14. The average Bonchev–Trinajstić information content (AvgIpc) is 2.95. The van der Waals surface area contributed by atoms with Crippen molar-refractivity contribution in [1.82, 2.24) is 14.5 Å². The summed E-state index contributed by atoms with van der Waals surface area (Å²) in [5, 5.41) is 10.6. The summed E-state index contributed by atoms with van der Waals surface area (Å²) >= 11 is 0. The van der Waals surface area contributed by atoms with E-state index in [-0.39, 0.29) is 5.95 Å². The second-order valence-electron chi connectivity index (χ2n) is 4.43. The zero-order chi connectivity index (χ0) is 12.1. The Morgan fingerprint density at radius 2 is 2.00 bits per heavy atom. The van der Waals surface area contributed by atoms with Gasteiger partial charge in [-0.15, -0.1) is 0 Å². The summed E-state index contributed by atoms with van der Waals surface area (Å²) in [6.07, 6.45) is 7.84. The van der Waals surface area contributed by atoms with E-state index in [0.29, 0.717) is 6.54 Å². The molecule has 0 aliphatic carbocycles. The molecule has 1 fully saturated rings. The van der Waals surface area contributed by atoms with E-state index >= 15 is 0 Å². The molecule has 94 valence electrons. The minimum atomic E-state index is -0.430. The summed E-state index contributed by atoms with van der Waals surface area (Å²) in [6, 6.07) is 0. The predicted molar refractivity (Wildman–Crippen MR) is 63.8 cm³/mol. The Balaban J connectivity index is 1.70. The van der Waals surface area contributed by atoms with Crippen molar-refractivity contribution in [2.75, 3.05) is 19.6 Å². The molecule has 2 heterocycles. The lowest BCUT2D eigenvalue weighted by atomic mass is 10.3. The van der Waals surface area contributed by atoms with Crippen LogP contribution >= 0.6 is 0 Å². The van der Waals surface area contributed by atoms with Crippen molar-refractivity contribution in [3.63, 3.8) is 0 Å². The van der Waals surface area contributed by atoms with E-state index in [4.69, 9.17) is 0 Å². The van der Waals surface area contributed by atoms with Gasteiger partial charge < -0.3 is 15.0 Å². The van der Waals surface area contributed by atoms with Gasteiger partial charge in [-0.3, -0.25) is 0 Å². The Hall–Kier alpha value is -1.43. The third-order valence-corrected chi connectivity index (χ3v) is 3.18. The normalized spacial score (nSPS) is 16.5. The third-order valence-electron chi connectivity index (χ3n) is 3.18. The van der Waals surface area contributed by atoms with Crippen LogP contribution in [-0.4, -0.2) is 39.0 Å². The highest BCUT2D eigenvalue weighted by molar-refractivity contribution is 5.06. The number of nitrogens with zero attached hydrogens (tertiary/aromatic N) is 4. The zero-order valence-electron chi connectivity index (χ0n) is 9.92. The summed E-state index contributed by atoms with van der Waals surface area (Å²) in [4.78, 5) is 16.4. The van der Waals surface area contributed by atoms with E-state index in [1.165, 1.54) is 32.1 Å². The first-order valence-corrected chi connectivity index (χ1v) is 6.15. The summed E-state index contributed by atoms with van der Waals surface area (Å²) in [5.41, 5.74) is 0. The molecule has 1 aliphatic rings. The van der Waals surface area contributed by atoms with Crippen LogP contribution in [0.1, 0.15) is 25.7 Å². The lowest BCUT2D eigenvalue weighted by Crippen LogP contribution is -2.20. The first-order chi connectivity index (χ1) is 8.27. The van der Waals surface area contributed by atoms with Crippen molar-refractivity contribution in [3.05, 3.63) is 22.5 Å². The van der Waals surface area contributed by atoms with Crippen molar-refractivity contribution in [3.8, 4) is 0 Å². The van der Waals surface area contributed by atoms with Crippen LogP contribution in [0.3, 0.4) is 0 Å². The van der Waals surface area contributed by atoms with E-state index in [2.05, 4.69) is 9.88 Å². The maximum absolute atomic E-state index is 10.6. The van der Waals surface area contributed by atoms with Gasteiger partial charge in [0, 0.05) is 0 Å². The molecule has 2 rings (SSSR count). The van der Waals surface area contributed by atoms with E-state index in [9.17, 15) is 10.1 Å². The molecule has 0 amide bonds. The van der Waals surface area contributed by atoms with Crippen LogP contribution in [0.15, 0.2) is 12.4 Å². The standard InChI is InChI=1S/C11H18N4O2/c16-15(17)11-12-5-10-14(11)9-4-3-8-13-6-1-2-7-13/h5,10H,1-4,6-9H2. The van der Waals surface area contributed by atoms with Crippen LogP contribution in [-0.2, 0) is 6.54 Å². The molecule has 0 unspecified atom stereocenters. The van der Waals surface area contributed by atoms with E-state index in [1.807, 2.05) is 0 Å². The monoisotopic (exact) mass is 238 g/mol. The molecule has 0 radical (unpaired) electrons.